The summed E-state index contributed by atoms with van der Waals surface area (Å²) in [5, 5.41) is 23.7. The lowest BCUT2D eigenvalue weighted by molar-refractivity contribution is -0.148. The van der Waals surface area contributed by atoms with E-state index >= 15 is 0 Å². The Morgan fingerprint density at radius 2 is 0.839 bits per heavy atom. The molecule has 0 aliphatic heterocycles. The molecule has 0 aromatic rings. The number of rotatable bonds is 47. The topological polar surface area (TPSA) is 95.9 Å². The van der Waals surface area contributed by atoms with E-state index in [1.54, 1.807) is 6.08 Å². The minimum atomic E-state index is -0.818. The molecule has 6 nitrogen and oxygen atoms in total. The van der Waals surface area contributed by atoms with Gasteiger partial charge in [-0.2, -0.15) is 0 Å². The highest BCUT2D eigenvalue weighted by atomic mass is 16.5. The fraction of sp³-hybridized carbons (Fsp3) is 0.786. The van der Waals surface area contributed by atoms with Crippen LogP contribution in [-0.4, -0.2) is 46.9 Å². The monoisotopic (exact) mass is 868 g/mol. The van der Waals surface area contributed by atoms with E-state index in [4.69, 9.17) is 4.74 Å². The van der Waals surface area contributed by atoms with Crippen LogP contribution >= 0.6 is 0 Å². The molecule has 0 rings (SSSR count). The zero-order valence-electron chi connectivity index (χ0n) is 41.0. The Morgan fingerprint density at radius 1 is 0.484 bits per heavy atom. The van der Waals surface area contributed by atoms with Crippen molar-refractivity contribution >= 4 is 11.9 Å². The second-order valence-electron chi connectivity index (χ2n) is 17.9. The van der Waals surface area contributed by atoms with Gasteiger partial charge in [-0.15, -0.1) is 0 Å². The summed E-state index contributed by atoms with van der Waals surface area (Å²) < 4.78 is 5.83. The van der Waals surface area contributed by atoms with Crippen LogP contribution in [0.2, 0.25) is 0 Å². The Bertz CT molecular complexity index is 1110. The van der Waals surface area contributed by atoms with E-state index in [-0.39, 0.29) is 24.9 Å². The number of aliphatic hydroxyl groups excluding tert-OH is 2. The second kappa shape index (κ2) is 49.6. The molecule has 3 atom stereocenters. The minimum Gasteiger partial charge on any atom is -0.458 e. The summed E-state index contributed by atoms with van der Waals surface area (Å²) in [7, 11) is 0. The molecular weight excluding hydrogens is 767 g/mol. The largest absolute Gasteiger partial charge is 0.458 e. The van der Waals surface area contributed by atoms with Crippen LogP contribution in [0.1, 0.15) is 258 Å². The van der Waals surface area contributed by atoms with Crippen molar-refractivity contribution in [3.63, 3.8) is 0 Å². The number of hydrogen-bond acceptors (Lipinski definition) is 5. The molecule has 3 N–H and O–H groups in total. The molecule has 0 spiro atoms. The summed E-state index contributed by atoms with van der Waals surface area (Å²) in [4.78, 5) is 26.1. The van der Waals surface area contributed by atoms with Gasteiger partial charge in [-0.05, 0) is 51.0 Å². The van der Waals surface area contributed by atoms with Gasteiger partial charge in [-0.1, -0.05) is 255 Å². The molecule has 360 valence electrons. The molecule has 0 aromatic carbocycles. The Balaban J connectivity index is 4.68. The Hall–Kier alpha value is -2.44. The minimum absolute atomic E-state index is 0.0443. The number of ether oxygens (including phenoxy) is 1. The van der Waals surface area contributed by atoms with Gasteiger partial charge in [0.05, 0.1) is 25.2 Å². The maximum atomic E-state index is 13.2. The van der Waals surface area contributed by atoms with Crippen molar-refractivity contribution < 1.29 is 24.5 Å². The molecule has 0 heterocycles. The highest BCUT2D eigenvalue weighted by Crippen LogP contribution is 2.17. The standard InChI is InChI=1S/C56H101NO5/c1-4-7-10-13-16-19-22-25-27-28-31-34-37-40-43-46-49-56(61)62-52(47-44-41-38-35-32-30-26-23-20-17-14-11-8-5-2)50-55(60)57-53(51-58)54(59)48-45-42-39-36-33-29-24-21-18-15-12-9-6-3/h8,11,17,20,26,30,35,38,44,47,52-54,58-59H,4-7,9-10,12-16,18-19,21-25,27-29,31-34,36-37,39-43,45-46,48-51H2,1-3H3,(H,57,60)/b11-8+,20-17+,30-26+,38-35+,47-44+. The predicted octanol–water partition coefficient (Wildman–Crippen LogP) is 16.0. The van der Waals surface area contributed by atoms with Gasteiger partial charge in [0.2, 0.25) is 5.91 Å². The average Bonchev–Trinajstić information content (AvgIpc) is 3.26. The predicted molar refractivity (Wildman–Crippen MR) is 268 cm³/mol. The van der Waals surface area contributed by atoms with Gasteiger partial charge in [0, 0.05) is 6.42 Å². The van der Waals surface area contributed by atoms with E-state index in [0.717, 1.165) is 64.2 Å². The molecule has 0 aromatic heterocycles. The van der Waals surface area contributed by atoms with Crippen molar-refractivity contribution in [1.29, 1.82) is 0 Å². The van der Waals surface area contributed by atoms with Crippen molar-refractivity contribution in [1.82, 2.24) is 5.32 Å². The van der Waals surface area contributed by atoms with Crippen molar-refractivity contribution in [3.8, 4) is 0 Å². The molecule has 0 saturated heterocycles. The Labute approximate surface area is 384 Å². The maximum absolute atomic E-state index is 13.2. The third-order valence-electron chi connectivity index (χ3n) is 11.9. The molecule has 1 amide bonds. The first-order valence-electron chi connectivity index (χ1n) is 26.5. The number of esters is 1. The normalized spacial score (nSPS) is 13.7. The second-order valence-corrected chi connectivity index (χ2v) is 17.9. The van der Waals surface area contributed by atoms with Crippen LogP contribution in [0.5, 0.6) is 0 Å². The van der Waals surface area contributed by atoms with Gasteiger partial charge in [0.15, 0.2) is 0 Å². The zero-order valence-corrected chi connectivity index (χ0v) is 41.0. The summed E-state index contributed by atoms with van der Waals surface area (Å²) >= 11 is 0. The lowest BCUT2D eigenvalue weighted by Gasteiger charge is -2.23. The van der Waals surface area contributed by atoms with Gasteiger partial charge >= 0.3 is 5.97 Å². The fourth-order valence-electron chi connectivity index (χ4n) is 7.86. The Morgan fingerprint density at radius 3 is 1.23 bits per heavy atom. The highest BCUT2D eigenvalue weighted by molar-refractivity contribution is 5.78. The third-order valence-corrected chi connectivity index (χ3v) is 11.9. The molecular formula is C56H101NO5. The number of allylic oxidation sites excluding steroid dienone is 9. The van der Waals surface area contributed by atoms with Gasteiger partial charge < -0.3 is 20.3 Å². The number of carbonyl (C=O) groups excluding carboxylic acids is 2. The van der Waals surface area contributed by atoms with E-state index in [9.17, 15) is 19.8 Å². The van der Waals surface area contributed by atoms with E-state index < -0.39 is 18.2 Å². The summed E-state index contributed by atoms with van der Waals surface area (Å²) in [6.45, 7) is 6.34. The third kappa shape index (κ3) is 44.2. The molecule has 0 saturated carbocycles. The first-order valence-corrected chi connectivity index (χ1v) is 26.5. The molecule has 0 aliphatic carbocycles. The van der Waals surface area contributed by atoms with E-state index in [2.05, 4.69) is 74.7 Å². The van der Waals surface area contributed by atoms with Crippen LogP contribution in [0, 0.1) is 0 Å². The van der Waals surface area contributed by atoms with Crippen LogP contribution in [0.15, 0.2) is 60.8 Å². The summed E-state index contributed by atoms with van der Waals surface area (Å²) in [5.74, 6) is -0.621. The SMILES string of the molecule is CC/C=C/C/C=C/C/C=C/C/C=C/C/C=C/C(CC(=O)NC(CO)C(O)CCCCCCCCCCCCCCC)OC(=O)CCCCCCCCCCCCCCCCCC. The van der Waals surface area contributed by atoms with E-state index in [0.29, 0.717) is 19.3 Å². The van der Waals surface area contributed by atoms with Crippen LogP contribution in [0.4, 0.5) is 0 Å². The fourth-order valence-corrected chi connectivity index (χ4v) is 7.86. The summed E-state index contributed by atoms with van der Waals surface area (Å²) in [5.41, 5.74) is 0. The summed E-state index contributed by atoms with van der Waals surface area (Å²) in [6, 6.07) is -0.741. The maximum Gasteiger partial charge on any atom is 0.306 e. The molecule has 0 aliphatic rings. The highest BCUT2D eigenvalue weighted by Gasteiger charge is 2.23. The van der Waals surface area contributed by atoms with Crippen LogP contribution in [-0.2, 0) is 14.3 Å². The number of hydrogen-bond donors (Lipinski definition) is 3. The van der Waals surface area contributed by atoms with Crippen molar-refractivity contribution in [2.24, 2.45) is 0 Å². The number of unbranched alkanes of at least 4 members (excludes halogenated alkanes) is 27. The van der Waals surface area contributed by atoms with Crippen LogP contribution in [0.25, 0.3) is 0 Å². The Kier molecular flexibility index (Phi) is 47.6. The van der Waals surface area contributed by atoms with Crippen LogP contribution in [0.3, 0.4) is 0 Å². The van der Waals surface area contributed by atoms with Crippen molar-refractivity contribution in [2.75, 3.05) is 6.61 Å². The van der Waals surface area contributed by atoms with Crippen molar-refractivity contribution in [2.45, 2.75) is 277 Å². The quantitative estimate of drug-likeness (QED) is 0.0322. The number of carbonyl (C=O) groups is 2. The van der Waals surface area contributed by atoms with Crippen LogP contribution < -0.4 is 5.32 Å². The van der Waals surface area contributed by atoms with Gasteiger partial charge in [-0.25, -0.2) is 0 Å². The average molecular weight is 868 g/mol. The first kappa shape index (κ1) is 59.6. The molecule has 3 unspecified atom stereocenters. The van der Waals surface area contributed by atoms with Crippen molar-refractivity contribution in [3.05, 3.63) is 60.8 Å². The lowest BCUT2D eigenvalue weighted by Crippen LogP contribution is -2.46. The molecule has 0 radical (unpaired) electrons. The van der Waals surface area contributed by atoms with Gasteiger partial charge in [-0.3, -0.25) is 9.59 Å². The first-order chi connectivity index (χ1) is 30.5. The number of nitrogens with one attached hydrogen (secondary N) is 1. The van der Waals surface area contributed by atoms with Gasteiger partial charge in [0.1, 0.15) is 6.10 Å². The molecule has 0 fully saturated rings. The molecule has 0 bridgehead atoms. The zero-order chi connectivity index (χ0) is 45.2. The lowest BCUT2D eigenvalue weighted by atomic mass is 10.0. The number of aliphatic hydroxyl groups is 2. The van der Waals surface area contributed by atoms with Gasteiger partial charge in [0.25, 0.3) is 0 Å². The van der Waals surface area contributed by atoms with E-state index in [1.165, 1.54) is 148 Å². The summed E-state index contributed by atoms with van der Waals surface area (Å²) in [6.07, 6.45) is 61.7. The van der Waals surface area contributed by atoms with E-state index in [1.807, 2.05) is 6.08 Å². The molecule has 62 heavy (non-hydrogen) atoms. The number of amides is 1. The smallest absolute Gasteiger partial charge is 0.306 e. The molecule has 6 heteroatoms.